The van der Waals surface area contributed by atoms with E-state index in [2.05, 4.69) is 15.3 Å². The maximum atomic E-state index is 9.26. The summed E-state index contributed by atoms with van der Waals surface area (Å²) in [5.41, 5.74) is 0. The third kappa shape index (κ3) is 4.02. The molecule has 0 spiro atoms. The Hall–Kier alpha value is -0.910. The molecule has 0 aliphatic rings. The number of hydrogen-bond donors (Lipinski definition) is 3. The lowest BCUT2D eigenvalue weighted by molar-refractivity contribution is 0.0643. The number of rotatable bonds is 6. The highest BCUT2D eigenvalue weighted by Gasteiger charge is 2.02. The molecule has 1 heterocycles. The molecule has 0 bridgehead atoms. The zero-order valence-corrected chi connectivity index (χ0v) is 7.66. The molecule has 1 unspecified atom stereocenters. The van der Waals surface area contributed by atoms with Gasteiger partial charge in [-0.2, -0.15) is 0 Å². The van der Waals surface area contributed by atoms with Crippen LogP contribution in [0.3, 0.4) is 0 Å². The highest BCUT2D eigenvalue weighted by atomic mass is 16.5. The molecule has 0 amide bonds. The maximum absolute atomic E-state index is 9.26. The first-order valence-electron chi connectivity index (χ1n) is 4.19. The van der Waals surface area contributed by atoms with Gasteiger partial charge in [0.05, 0.1) is 19.3 Å². The smallest absolute Gasteiger partial charge is 0.120 e. The number of aromatic nitrogens is 2. The van der Waals surface area contributed by atoms with Gasteiger partial charge in [0.15, 0.2) is 0 Å². The lowest BCUT2D eigenvalue weighted by Crippen LogP contribution is -2.29. The molecule has 0 fully saturated rings. The molecule has 74 valence electrons. The van der Waals surface area contributed by atoms with Gasteiger partial charge in [-0.25, -0.2) is 4.98 Å². The number of ether oxygens (including phenoxy) is 1. The highest BCUT2D eigenvalue weighted by Crippen LogP contribution is 1.87. The fourth-order valence-corrected chi connectivity index (χ4v) is 1.00. The topological polar surface area (TPSA) is 70.2 Å². The molecule has 1 rings (SSSR count). The Morgan fingerprint density at radius 2 is 2.62 bits per heavy atom. The molecule has 3 N–H and O–H groups in total. The van der Waals surface area contributed by atoms with E-state index < -0.39 is 6.10 Å². The summed E-state index contributed by atoms with van der Waals surface area (Å²) in [7, 11) is 1.57. The number of methoxy groups -OCH3 is 1. The minimum absolute atomic E-state index is 0.352. The van der Waals surface area contributed by atoms with Crippen molar-refractivity contribution in [1.82, 2.24) is 15.3 Å². The van der Waals surface area contributed by atoms with Crippen LogP contribution in [0.1, 0.15) is 5.82 Å². The Balaban J connectivity index is 2.07. The van der Waals surface area contributed by atoms with Crippen molar-refractivity contribution in [3.8, 4) is 0 Å². The minimum Gasteiger partial charge on any atom is -0.389 e. The summed E-state index contributed by atoms with van der Waals surface area (Å²) in [6.07, 6.45) is 3.01. The average molecular weight is 185 g/mol. The molecule has 0 radical (unpaired) electrons. The summed E-state index contributed by atoms with van der Waals surface area (Å²) in [5, 5.41) is 12.3. The van der Waals surface area contributed by atoms with E-state index in [1.54, 1.807) is 19.5 Å². The summed E-state index contributed by atoms with van der Waals surface area (Å²) < 4.78 is 4.78. The van der Waals surface area contributed by atoms with Crippen LogP contribution in [0.5, 0.6) is 0 Å². The van der Waals surface area contributed by atoms with Crippen molar-refractivity contribution in [3.05, 3.63) is 18.2 Å². The number of aliphatic hydroxyl groups is 1. The maximum Gasteiger partial charge on any atom is 0.120 e. The van der Waals surface area contributed by atoms with E-state index >= 15 is 0 Å². The zero-order chi connectivity index (χ0) is 9.52. The Morgan fingerprint density at radius 1 is 1.77 bits per heavy atom. The van der Waals surface area contributed by atoms with Crippen LogP contribution < -0.4 is 5.32 Å². The summed E-state index contributed by atoms with van der Waals surface area (Å²) >= 11 is 0. The minimum atomic E-state index is -0.458. The molecule has 0 aliphatic carbocycles. The van der Waals surface area contributed by atoms with Crippen LogP contribution in [-0.4, -0.2) is 41.4 Å². The quantitative estimate of drug-likeness (QED) is 0.559. The SMILES string of the molecule is COCC(O)CNCc1ncc[nH]1. The van der Waals surface area contributed by atoms with E-state index in [9.17, 15) is 5.11 Å². The van der Waals surface area contributed by atoms with Crippen molar-refractivity contribution >= 4 is 0 Å². The predicted molar refractivity (Wildman–Crippen MR) is 48.2 cm³/mol. The normalized spacial score (nSPS) is 13.1. The summed E-state index contributed by atoms with van der Waals surface area (Å²) in [5.74, 6) is 0.865. The summed E-state index contributed by atoms with van der Waals surface area (Å²) in [6, 6.07) is 0. The van der Waals surface area contributed by atoms with Crippen molar-refractivity contribution in [3.63, 3.8) is 0 Å². The summed E-state index contributed by atoms with van der Waals surface area (Å²) in [4.78, 5) is 6.98. The molecule has 5 heteroatoms. The van der Waals surface area contributed by atoms with E-state index in [4.69, 9.17) is 4.74 Å². The monoisotopic (exact) mass is 185 g/mol. The fourth-order valence-electron chi connectivity index (χ4n) is 1.00. The first-order valence-corrected chi connectivity index (χ1v) is 4.19. The molecule has 1 aromatic heterocycles. The van der Waals surface area contributed by atoms with Gasteiger partial charge in [0.2, 0.25) is 0 Å². The van der Waals surface area contributed by atoms with E-state index in [-0.39, 0.29) is 0 Å². The van der Waals surface area contributed by atoms with Gasteiger partial charge in [0, 0.05) is 26.0 Å². The van der Waals surface area contributed by atoms with Crippen LogP contribution in [0.4, 0.5) is 0 Å². The third-order valence-corrected chi connectivity index (χ3v) is 1.59. The Kier molecular flexibility index (Phi) is 4.45. The van der Waals surface area contributed by atoms with E-state index in [1.807, 2.05) is 0 Å². The number of imidazole rings is 1. The van der Waals surface area contributed by atoms with Gasteiger partial charge in [0.25, 0.3) is 0 Å². The van der Waals surface area contributed by atoms with Crippen LogP contribution in [-0.2, 0) is 11.3 Å². The standard InChI is InChI=1S/C8H15N3O2/c1-13-6-7(12)4-9-5-8-10-2-3-11-8/h2-3,7,9,12H,4-6H2,1H3,(H,10,11). The number of nitrogens with zero attached hydrogens (tertiary/aromatic N) is 1. The van der Waals surface area contributed by atoms with Gasteiger partial charge in [-0.15, -0.1) is 0 Å². The molecule has 5 nitrogen and oxygen atoms in total. The van der Waals surface area contributed by atoms with Gasteiger partial charge < -0.3 is 20.1 Å². The first kappa shape index (κ1) is 10.2. The van der Waals surface area contributed by atoms with Gasteiger partial charge in [0.1, 0.15) is 5.82 Å². The van der Waals surface area contributed by atoms with Gasteiger partial charge in [-0.1, -0.05) is 0 Å². The largest absolute Gasteiger partial charge is 0.389 e. The Bertz CT molecular complexity index is 213. The van der Waals surface area contributed by atoms with Gasteiger partial charge >= 0.3 is 0 Å². The zero-order valence-electron chi connectivity index (χ0n) is 7.66. The van der Waals surface area contributed by atoms with Crippen molar-refractivity contribution in [2.75, 3.05) is 20.3 Å². The molecule has 0 aromatic carbocycles. The van der Waals surface area contributed by atoms with E-state index in [1.165, 1.54) is 0 Å². The second-order valence-electron chi connectivity index (χ2n) is 2.78. The second kappa shape index (κ2) is 5.69. The van der Waals surface area contributed by atoms with Gasteiger partial charge in [-0.05, 0) is 0 Å². The van der Waals surface area contributed by atoms with Crippen LogP contribution >= 0.6 is 0 Å². The van der Waals surface area contributed by atoms with Crippen LogP contribution in [0.2, 0.25) is 0 Å². The predicted octanol–water partition coefficient (Wildman–Crippen LogP) is -0.493. The number of H-pyrrole nitrogens is 1. The second-order valence-corrected chi connectivity index (χ2v) is 2.78. The molecular weight excluding hydrogens is 170 g/mol. The molecule has 13 heavy (non-hydrogen) atoms. The molecule has 0 aliphatic heterocycles. The van der Waals surface area contributed by atoms with Crippen LogP contribution in [0.15, 0.2) is 12.4 Å². The van der Waals surface area contributed by atoms with Crippen LogP contribution in [0.25, 0.3) is 0 Å². The lowest BCUT2D eigenvalue weighted by atomic mass is 10.4. The number of aromatic amines is 1. The number of hydrogen-bond acceptors (Lipinski definition) is 4. The van der Waals surface area contributed by atoms with Gasteiger partial charge in [-0.3, -0.25) is 0 Å². The van der Waals surface area contributed by atoms with Crippen molar-refractivity contribution in [1.29, 1.82) is 0 Å². The highest BCUT2D eigenvalue weighted by molar-refractivity contribution is 4.85. The average Bonchev–Trinajstić information content (AvgIpc) is 2.57. The number of nitrogens with one attached hydrogen (secondary N) is 2. The molecular formula is C8H15N3O2. The lowest BCUT2D eigenvalue weighted by Gasteiger charge is -2.09. The first-order chi connectivity index (χ1) is 6.33. The van der Waals surface area contributed by atoms with Crippen molar-refractivity contribution < 1.29 is 9.84 Å². The van der Waals surface area contributed by atoms with Crippen molar-refractivity contribution in [2.24, 2.45) is 0 Å². The molecule has 0 saturated carbocycles. The molecule has 1 aromatic rings. The Labute approximate surface area is 77.1 Å². The van der Waals surface area contributed by atoms with E-state index in [0.717, 1.165) is 5.82 Å². The Morgan fingerprint density at radius 3 is 3.23 bits per heavy atom. The molecule has 1 atom stereocenters. The van der Waals surface area contributed by atoms with E-state index in [0.29, 0.717) is 19.7 Å². The van der Waals surface area contributed by atoms with Crippen LogP contribution in [0, 0.1) is 0 Å². The van der Waals surface area contributed by atoms with Crippen molar-refractivity contribution in [2.45, 2.75) is 12.6 Å². The number of aliphatic hydroxyl groups excluding tert-OH is 1. The third-order valence-electron chi connectivity index (χ3n) is 1.59. The fraction of sp³-hybridized carbons (Fsp3) is 0.625. The molecule has 0 saturated heterocycles. The summed E-state index contributed by atoms with van der Waals surface area (Å²) in [6.45, 7) is 1.49.